The van der Waals surface area contributed by atoms with Crippen molar-refractivity contribution >= 4 is 11.6 Å². The van der Waals surface area contributed by atoms with E-state index in [2.05, 4.69) is 13.8 Å². The molecule has 2 heteroatoms. The van der Waals surface area contributed by atoms with Crippen molar-refractivity contribution in [1.29, 1.82) is 0 Å². The highest BCUT2D eigenvalue weighted by molar-refractivity contribution is 6.28. The average molecular weight is 266 g/mol. The second-order valence-electron chi connectivity index (χ2n) is 4.96. The number of fused-ring (bicyclic) bond motifs is 2. The maximum absolute atomic E-state index is 12.3. The number of ketones is 2. The minimum Gasteiger partial charge on any atom is -0.289 e. The Morgan fingerprint density at radius 2 is 1.20 bits per heavy atom. The van der Waals surface area contributed by atoms with Gasteiger partial charge in [0.1, 0.15) is 0 Å². The van der Waals surface area contributed by atoms with Gasteiger partial charge < -0.3 is 0 Å². The fourth-order valence-electron chi connectivity index (χ4n) is 2.21. The van der Waals surface area contributed by atoms with Crippen molar-refractivity contribution in [3.63, 3.8) is 0 Å². The van der Waals surface area contributed by atoms with Gasteiger partial charge in [-0.25, -0.2) is 0 Å². The van der Waals surface area contributed by atoms with Crippen LogP contribution in [0.15, 0.2) is 42.5 Å². The number of carbonyl (C=O) groups excluding carboxylic acids is 2. The van der Waals surface area contributed by atoms with Gasteiger partial charge in [-0.1, -0.05) is 62.2 Å². The summed E-state index contributed by atoms with van der Waals surface area (Å²) in [6, 6.07) is 12.4. The highest BCUT2D eigenvalue weighted by atomic mass is 16.1. The van der Waals surface area contributed by atoms with Crippen molar-refractivity contribution in [2.45, 2.75) is 27.2 Å². The summed E-state index contributed by atoms with van der Waals surface area (Å²) in [4.78, 5) is 24.5. The van der Waals surface area contributed by atoms with Gasteiger partial charge in [0, 0.05) is 22.3 Å². The zero-order valence-corrected chi connectivity index (χ0v) is 12.1. The molecule has 1 aliphatic carbocycles. The number of hydrogen-bond acceptors (Lipinski definition) is 2. The van der Waals surface area contributed by atoms with Gasteiger partial charge in [-0.15, -0.1) is 0 Å². The molecule has 0 radical (unpaired) electrons. The third-order valence-electron chi connectivity index (χ3n) is 3.08. The summed E-state index contributed by atoms with van der Waals surface area (Å²) in [6.45, 7) is 6.17. The normalized spacial score (nSPS) is 12.2. The number of rotatable bonds is 0. The van der Waals surface area contributed by atoms with Gasteiger partial charge in [-0.2, -0.15) is 0 Å². The summed E-state index contributed by atoms with van der Waals surface area (Å²) in [6.07, 6.45) is 1.25. The number of aryl methyl sites for hydroxylation is 1. The van der Waals surface area contributed by atoms with Crippen molar-refractivity contribution in [3.05, 3.63) is 70.3 Å². The van der Waals surface area contributed by atoms with E-state index in [0.29, 0.717) is 22.3 Å². The third-order valence-corrected chi connectivity index (χ3v) is 3.08. The molecule has 102 valence electrons. The SMILES string of the molecule is CCC.Cc1ccc2c(c1)C(=O)c1ccccc1C2=O. The molecular weight excluding hydrogens is 248 g/mol. The summed E-state index contributed by atoms with van der Waals surface area (Å²) >= 11 is 0. The Kier molecular flexibility index (Phi) is 4.14. The molecule has 0 heterocycles. The molecule has 0 aromatic heterocycles. The molecule has 0 saturated heterocycles. The zero-order valence-electron chi connectivity index (χ0n) is 12.1. The molecule has 1 aliphatic rings. The van der Waals surface area contributed by atoms with E-state index in [9.17, 15) is 9.59 Å². The molecular formula is C18H18O2. The monoisotopic (exact) mass is 266 g/mol. The van der Waals surface area contributed by atoms with Crippen LogP contribution < -0.4 is 0 Å². The molecule has 0 N–H and O–H groups in total. The van der Waals surface area contributed by atoms with Crippen molar-refractivity contribution in [3.8, 4) is 0 Å². The lowest BCUT2D eigenvalue weighted by Crippen LogP contribution is -2.20. The Labute approximate surface area is 119 Å². The van der Waals surface area contributed by atoms with Crippen molar-refractivity contribution in [2.24, 2.45) is 0 Å². The molecule has 0 bridgehead atoms. The Bertz CT molecular complexity index is 669. The predicted octanol–water partition coefficient (Wildman–Crippen LogP) is 4.19. The summed E-state index contributed by atoms with van der Waals surface area (Å²) in [5.41, 5.74) is 3.04. The molecule has 2 nitrogen and oxygen atoms in total. The van der Waals surface area contributed by atoms with Crippen LogP contribution >= 0.6 is 0 Å². The second-order valence-corrected chi connectivity index (χ2v) is 4.96. The third kappa shape index (κ3) is 2.42. The Morgan fingerprint density at radius 3 is 1.75 bits per heavy atom. The molecule has 0 unspecified atom stereocenters. The van der Waals surface area contributed by atoms with Gasteiger partial charge in [0.2, 0.25) is 0 Å². The first-order chi connectivity index (χ1) is 9.60. The van der Waals surface area contributed by atoms with Crippen molar-refractivity contribution < 1.29 is 9.59 Å². The zero-order chi connectivity index (χ0) is 14.7. The van der Waals surface area contributed by atoms with Gasteiger partial charge in [-0.05, 0) is 13.0 Å². The van der Waals surface area contributed by atoms with Crippen LogP contribution in [0.25, 0.3) is 0 Å². The highest BCUT2D eigenvalue weighted by Crippen LogP contribution is 2.27. The molecule has 2 aromatic rings. The van der Waals surface area contributed by atoms with Gasteiger partial charge in [-0.3, -0.25) is 9.59 Å². The second kappa shape index (κ2) is 5.83. The number of hydrogen-bond donors (Lipinski definition) is 0. The maximum Gasteiger partial charge on any atom is 0.194 e. The minimum atomic E-state index is -0.0600. The van der Waals surface area contributed by atoms with Crippen LogP contribution in [-0.2, 0) is 0 Å². The number of benzene rings is 2. The lowest BCUT2D eigenvalue weighted by atomic mass is 9.83. The maximum atomic E-state index is 12.3. The van der Waals surface area contributed by atoms with Crippen LogP contribution in [-0.4, -0.2) is 11.6 Å². The smallest absolute Gasteiger partial charge is 0.194 e. The van der Waals surface area contributed by atoms with Crippen LogP contribution in [0.5, 0.6) is 0 Å². The van der Waals surface area contributed by atoms with E-state index in [0.717, 1.165) is 5.56 Å². The van der Waals surface area contributed by atoms with Gasteiger partial charge in [0.05, 0.1) is 0 Å². The van der Waals surface area contributed by atoms with Crippen LogP contribution in [0.3, 0.4) is 0 Å². The lowest BCUT2D eigenvalue weighted by Gasteiger charge is -2.17. The van der Waals surface area contributed by atoms with Crippen molar-refractivity contribution in [1.82, 2.24) is 0 Å². The molecule has 0 spiro atoms. The fraction of sp³-hybridized carbons (Fsp3) is 0.222. The van der Waals surface area contributed by atoms with Gasteiger partial charge >= 0.3 is 0 Å². The first-order valence-electron chi connectivity index (χ1n) is 6.89. The summed E-state index contributed by atoms with van der Waals surface area (Å²) in [7, 11) is 0. The molecule has 0 atom stereocenters. The molecule has 2 aromatic carbocycles. The molecule has 3 rings (SSSR count). The molecule has 0 fully saturated rings. The van der Waals surface area contributed by atoms with E-state index in [-0.39, 0.29) is 11.6 Å². The summed E-state index contributed by atoms with van der Waals surface area (Å²) < 4.78 is 0. The van der Waals surface area contributed by atoms with Crippen LogP contribution in [0, 0.1) is 6.92 Å². The van der Waals surface area contributed by atoms with E-state index >= 15 is 0 Å². The first kappa shape index (κ1) is 14.2. The van der Waals surface area contributed by atoms with E-state index in [1.807, 2.05) is 13.0 Å². The quantitative estimate of drug-likeness (QED) is 0.611. The Morgan fingerprint density at radius 1 is 0.750 bits per heavy atom. The number of carbonyl (C=O) groups is 2. The minimum absolute atomic E-state index is 0.0566. The van der Waals surface area contributed by atoms with Crippen molar-refractivity contribution in [2.75, 3.05) is 0 Å². The van der Waals surface area contributed by atoms with Gasteiger partial charge in [0.15, 0.2) is 11.6 Å². The summed E-state index contributed by atoms with van der Waals surface area (Å²) in [5.74, 6) is -0.117. The Hall–Kier alpha value is -2.22. The fourth-order valence-corrected chi connectivity index (χ4v) is 2.21. The predicted molar refractivity (Wildman–Crippen MR) is 80.5 cm³/mol. The first-order valence-corrected chi connectivity index (χ1v) is 6.89. The van der Waals surface area contributed by atoms with Crippen LogP contribution in [0.2, 0.25) is 0 Å². The van der Waals surface area contributed by atoms with E-state index < -0.39 is 0 Å². The molecule has 0 aliphatic heterocycles. The van der Waals surface area contributed by atoms with Crippen LogP contribution in [0.4, 0.5) is 0 Å². The van der Waals surface area contributed by atoms with E-state index in [4.69, 9.17) is 0 Å². The Balaban J connectivity index is 0.000000452. The largest absolute Gasteiger partial charge is 0.289 e. The topological polar surface area (TPSA) is 34.1 Å². The van der Waals surface area contributed by atoms with Gasteiger partial charge in [0.25, 0.3) is 0 Å². The molecule has 0 amide bonds. The van der Waals surface area contributed by atoms with E-state index in [1.165, 1.54) is 6.42 Å². The van der Waals surface area contributed by atoms with E-state index in [1.54, 1.807) is 36.4 Å². The van der Waals surface area contributed by atoms with Crippen LogP contribution in [0.1, 0.15) is 57.7 Å². The molecule has 20 heavy (non-hydrogen) atoms. The highest BCUT2D eigenvalue weighted by Gasteiger charge is 2.28. The average Bonchev–Trinajstić information content (AvgIpc) is 2.45. The summed E-state index contributed by atoms with van der Waals surface area (Å²) in [5, 5.41) is 0. The lowest BCUT2D eigenvalue weighted by molar-refractivity contribution is 0.0979. The standard InChI is InChI=1S/C15H10O2.C3H8/c1-9-6-7-12-13(8-9)15(17)11-5-3-2-4-10(11)14(12)16;1-3-2/h2-8H,1H3;3H2,1-2H3. The molecule has 0 saturated carbocycles.